The monoisotopic (exact) mass is 186 g/mol. The zero-order chi connectivity index (χ0) is 8.97. The maximum absolute atomic E-state index is 10.4. The summed E-state index contributed by atoms with van der Waals surface area (Å²) < 4.78 is 4.93. The highest BCUT2D eigenvalue weighted by atomic mass is 35.5. The summed E-state index contributed by atoms with van der Waals surface area (Å²) in [6, 6.07) is 3.24. The predicted molar refractivity (Wildman–Crippen MR) is 45.1 cm³/mol. The van der Waals surface area contributed by atoms with Gasteiger partial charge >= 0.3 is 0 Å². The molecule has 1 N–H and O–H groups in total. The van der Waals surface area contributed by atoms with Gasteiger partial charge in [-0.1, -0.05) is 0 Å². The van der Waals surface area contributed by atoms with E-state index in [0.29, 0.717) is 11.0 Å². The number of carbonyl (C=O) groups excluding carboxylic acids is 1. The van der Waals surface area contributed by atoms with Crippen LogP contribution in [-0.2, 0) is 4.79 Å². The lowest BCUT2D eigenvalue weighted by atomic mass is 10.5. The summed E-state index contributed by atoms with van der Waals surface area (Å²) >= 11 is 5.49. The Bertz CT molecular complexity index is 306. The molecule has 5 heteroatoms. The maximum atomic E-state index is 10.4. The van der Waals surface area contributed by atoms with Gasteiger partial charge in [0.05, 0.1) is 6.21 Å². The number of nitrogens with zero attached hydrogens (tertiary/aromatic N) is 1. The summed E-state index contributed by atoms with van der Waals surface area (Å²) in [5.74, 6) is 0.262. The predicted octanol–water partition coefficient (Wildman–Crippen LogP) is 1.40. The molecule has 0 fully saturated rings. The van der Waals surface area contributed by atoms with Gasteiger partial charge in [-0.05, 0) is 23.7 Å². The van der Waals surface area contributed by atoms with Crippen LogP contribution >= 0.6 is 11.6 Å². The van der Waals surface area contributed by atoms with Crippen molar-refractivity contribution in [3.05, 3.63) is 23.1 Å². The van der Waals surface area contributed by atoms with Gasteiger partial charge in [0.15, 0.2) is 5.22 Å². The maximum Gasteiger partial charge on any atom is 0.236 e. The van der Waals surface area contributed by atoms with Crippen molar-refractivity contribution >= 4 is 23.7 Å². The van der Waals surface area contributed by atoms with Crippen LogP contribution in [0.4, 0.5) is 0 Å². The summed E-state index contributed by atoms with van der Waals surface area (Å²) in [6.07, 6.45) is 1.37. The Balaban J connectivity index is 2.52. The molecule has 0 unspecified atom stereocenters. The average molecular weight is 187 g/mol. The standard InChI is InChI=1S/C7H7ClN2O2/c1-5(11)10-9-4-6-2-3-7(8)12-6/h2-4H,1H3,(H,10,11)/b9-4+. The Morgan fingerprint density at radius 3 is 3.00 bits per heavy atom. The van der Waals surface area contributed by atoms with E-state index in [4.69, 9.17) is 16.0 Å². The molecular weight excluding hydrogens is 180 g/mol. The van der Waals surface area contributed by atoms with Crippen LogP contribution in [0.25, 0.3) is 0 Å². The van der Waals surface area contributed by atoms with Crippen molar-refractivity contribution in [1.29, 1.82) is 0 Å². The zero-order valence-electron chi connectivity index (χ0n) is 6.37. The quantitative estimate of drug-likeness (QED) is 0.561. The molecule has 1 heterocycles. The highest BCUT2D eigenvalue weighted by Crippen LogP contribution is 2.10. The summed E-state index contributed by atoms with van der Waals surface area (Å²) in [5, 5.41) is 3.87. The smallest absolute Gasteiger partial charge is 0.236 e. The molecule has 0 spiro atoms. The molecule has 0 radical (unpaired) electrons. The van der Waals surface area contributed by atoms with Gasteiger partial charge in [-0.15, -0.1) is 0 Å². The van der Waals surface area contributed by atoms with Crippen molar-refractivity contribution in [2.75, 3.05) is 0 Å². The lowest BCUT2D eigenvalue weighted by molar-refractivity contribution is -0.118. The molecule has 1 aromatic rings. The molecule has 1 amide bonds. The van der Waals surface area contributed by atoms with Crippen LogP contribution in [0.2, 0.25) is 5.22 Å². The van der Waals surface area contributed by atoms with Crippen molar-refractivity contribution in [2.24, 2.45) is 5.10 Å². The van der Waals surface area contributed by atoms with Gasteiger partial charge in [0.25, 0.3) is 0 Å². The molecule has 0 aliphatic carbocycles. The van der Waals surface area contributed by atoms with Crippen LogP contribution in [0.15, 0.2) is 21.7 Å². The van der Waals surface area contributed by atoms with Gasteiger partial charge < -0.3 is 4.42 Å². The summed E-state index contributed by atoms with van der Waals surface area (Å²) in [4.78, 5) is 10.4. The lowest BCUT2D eigenvalue weighted by Crippen LogP contribution is -2.12. The second-order valence-electron chi connectivity index (χ2n) is 2.07. The first-order valence-corrected chi connectivity index (χ1v) is 3.61. The molecule has 12 heavy (non-hydrogen) atoms. The van der Waals surface area contributed by atoms with E-state index in [0.717, 1.165) is 0 Å². The van der Waals surface area contributed by atoms with E-state index in [9.17, 15) is 4.79 Å². The van der Waals surface area contributed by atoms with Gasteiger partial charge in [0.2, 0.25) is 5.91 Å². The van der Waals surface area contributed by atoms with Crippen LogP contribution in [0.3, 0.4) is 0 Å². The zero-order valence-corrected chi connectivity index (χ0v) is 7.13. The molecule has 0 atom stereocenters. The van der Waals surface area contributed by atoms with Crippen molar-refractivity contribution in [2.45, 2.75) is 6.92 Å². The molecule has 0 bridgehead atoms. The highest BCUT2D eigenvalue weighted by Gasteiger charge is 1.94. The number of hydrogen-bond donors (Lipinski definition) is 1. The highest BCUT2D eigenvalue weighted by molar-refractivity contribution is 6.28. The van der Waals surface area contributed by atoms with E-state index >= 15 is 0 Å². The fourth-order valence-corrected chi connectivity index (χ4v) is 0.737. The number of halogens is 1. The minimum absolute atomic E-state index is 0.232. The molecule has 1 aromatic heterocycles. The van der Waals surface area contributed by atoms with E-state index in [1.54, 1.807) is 12.1 Å². The average Bonchev–Trinajstić information content (AvgIpc) is 2.35. The molecule has 0 aromatic carbocycles. The Morgan fingerprint density at radius 1 is 1.75 bits per heavy atom. The fourth-order valence-electron chi connectivity index (χ4n) is 0.584. The Hall–Kier alpha value is -1.29. The van der Waals surface area contributed by atoms with E-state index in [1.165, 1.54) is 13.1 Å². The lowest BCUT2D eigenvalue weighted by Gasteiger charge is -1.88. The number of amides is 1. The van der Waals surface area contributed by atoms with Crippen molar-refractivity contribution in [3.63, 3.8) is 0 Å². The van der Waals surface area contributed by atoms with Crippen LogP contribution < -0.4 is 5.43 Å². The fraction of sp³-hybridized carbons (Fsp3) is 0.143. The molecular formula is C7H7ClN2O2. The van der Waals surface area contributed by atoms with Gasteiger partial charge in [-0.2, -0.15) is 5.10 Å². The Labute approximate surface area is 74.2 Å². The number of carbonyl (C=O) groups is 1. The van der Waals surface area contributed by atoms with E-state index in [1.807, 2.05) is 0 Å². The second kappa shape index (κ2) is 3.92. The molecule has 4 nitrogen and oxygen atoms in total. The van der Waals surface area contributed by atoms with Crippen LogP contribution in [0.5, 0.6) is 0 Å². The van der Waals surface area contributed by atoms with E-state index in [2.05, 4.69) is 10.5 Å². The summed E-state index contributed by atoms with van der Waals surface area (Å²) in [5.41, 5.74) is 2.23. The largest absolute Gasteiger partial charge is 0.444 e. The minimum atomic E-state index is -0.232. The first-order valence-electron chi connectivity index (χ1n) is 3.23. The summed E-state index contributed by atoms with van der Waals surface area (Å²) in [7, 11) is 0. The molecule has 0 saturated heterocycles. The molecule has 64 valence electrons. The molecule has 0 aliphatic rings. The Morgan fingerprint density at radius 2 is 2.50 bits per heavy atom. The van der Waals surface area contributed by atoms with Crippen LogP contribution in [0.1, 0.15) is 12.7 Å². The van der Waals surface area contributed by atoms with E-state index in [-0.39, 0.29) is 5.91 Å². The van der Waals surface area contributed by atoms with Gasteiger partial charge in [0.1, 0.15) is 5.76 Å². The number of furan rings is 1. The molecule has 0 saturated carbocycles. The third-order valence-corrected chi connectivity index (χ3v) is 1.21. The van der Waals surface area contributed by atoms with Gasteiger partial charge in [-0.25, -0.2) is 5.43 Å². The summed E-state index contributed by atoms with van der Waals surface area (Å²) in [6.45, 7) is 1.37. The second-order valence-corrected chi connectivity index (χ2v) is 2.44. The third-order valence-electron chi connectivity index (χ3n) is 1.01. The van der Waals surface area contributed by atoms with Gasteiger partial charge in [-0.3, -0.25) is 4.79 Å². The number of hydrazone groups is 1. The third kappa shape index (κ3) is 2.75. The number of rotatable bonds is 2. The SMILES string of the molecule is CC(=O)N/N=C/c1ccc(Cl)o1. The topological polar surface area (TPSA) is 54.6 Å². The normalized spacial score (nSPS) is 10.5. The van der Waals surface area contributed by atoms with E-state index < -0.39 is 0 Å². The first-order chi connectivity index (χ1) is 5.68. The van der Waals surface area contributed by atoms with Crippen LogP contribution in [0, 0.1) is 0 Å². The van der Waals surface area contributed by atoms with Crippen LogP contribution in [-0.4, -0.2) is 12.1 Å². The number of nitrogens with one attached hydrogen (secondary N) is 1. The number of hydrogen-bond acceptors (Lipinski definition) is 3. The molecule has 1 rings (SSSR count). The minimum Gasteiger partial charge on any atom is -0.444 e. The van der Waals surface area contributed by atoms with Crippen molar-refractivity contribution in [3.8, 4) is 0 Å². The molecule has 0 aliphatic heterocycles. The van der Waals surface area contributed by atoms with Gasteiger partial charge in [0, 0.05) is 6.92 Å². The first kappa shape index (κ1) is 8.80. The van der Waals surface area contributed by atoms with Crippen molar-refractivity contribution < 1.29 is 9.21 Å². The van der Waals surface area contributed by atoms with Crippen molar-refractivity contribution in [1.82, 2.24) is 5.43 Å². The Kier molecular flexibility index (Phi) is 2.88.